The van der Waals surface area contributed by atoms with Crippen LogP contribution in [0, 0.1) is 0 Å². The van der Waals surface area contributed by atoms with E-state index in [9.17, 15) is 0 Å². The average molecular weight is 732 g/mol. The number of furan rings is 3. The number of fused-ring (bicyclic) bond motifs is 9. The molecule has 0 radical (unpaired) electrons. The van der Waals surface area contributed by atoms with Crippen LogP contribution in [0.15, 0.2) is 189 Å². The van der Waals surface area contributed by atoms with E-state index >= 15 is 0 Å². The third-order valence-corrected chi connectivity index (χ3v) is 10.9. The Morgan fingerprint density at radius 3 is 1.54 bits per heavy atom. The molecule has 0 N–H and O–H groups in total. The molecule has 6 nitrogen and oxygen atoms in total. The molecule has 0 aliphatic carbocycles. The van der Waals surface area contributed by atoms with Gasteiger partial charge in [0.2, 0.25) is 0 Å². The van der Waals surface area contributed by atoms with Crippen molar-refractivity contribution in [3.05, 3.63) is 176 Å². The van der Waals surface area contributed by atoms with E-state index in [4.69, 9.17) is 28.2 Å². The molecule has 12 rings (SSSR count). The van der Waals surface area contributed by atoms with Crippen LogP contribution in [0.25, 0.3) is 122 Å². The van der Waals surface area contributed by atoms with Crippen molar-refractivity contribution < 1.29 is 13.3 Å². The fourth-order valence-corrected chi connectivity index (χ4v) is 8.38. The van der Waals surface area contributed by atoms with E-state index in [-0.39, 0.29) is 0 Å². The summed E-state index contributed by atoms with van der Waals surface area (Å²) in [7, 11) is 0. The van der Waals surface area contributed by atoms with Crippen molar-refractivity contribution in [3.8, 4) is 56.4 Å². The first-order valence-corrected chi connectivity index (χ1v) is 18.9. The second-order valence-corrected chi connectivity index (χ2v) is 14.3. The number of hydrogen-bond donors (Lipinski definition) is 0. The minimum absolute atomic E-state index is 0.541. The van der Waals surface area contributed by atoms with E-state index in [2.05, 4.69) is 66.7 Å². The molecule has 266 valence electrons. The predicted molar refractivity (Wildman–Crippen MR) is 229 cm³/mol. The molecule has 4 aromatic heterocycles. The lowest BCUT2D eigenvalue weighted by atomic mass is 9.92. The topological polar surface area (TPSA) is 78.1 Å². The minimum atomic E-state index is 0.541. The van der Waals surface area contributed by atoms with E-state index in [1.165, 1.54) is 0 Å². The maximum atomic E-state index is 6.79. The zero-order valence-electron chi connectivity index (χ0n) is 30.3. The van der Waals surface area contributed by atoms with Crippen LogP contribution >= 0.6 is 0 Å². The molecule has 0 saturated heterocycles. The Morgan fingerprint density at radius 2 is 0.789 bits per heavy atom. The molecule has 0 fully saturated rings. The molecule has 0 bridgehead atoms. The van der Waals surface area contributed by atoms with E-state index in [0.29, 0.717) is 23.1 Å². The van der Waals surface area contributed by atoms with Crippen LogP contribution in [0.3, 0.4) is 0 Å². The zero-order valence-corrected chi connectivity index (χ0v) is 30.3. The van der Waals surface area contributed by atoms with Gasteiger partial charge in [-0.3, -0.25) is 0 Å². The van der Waals surface area contributed by atoms with Crippen molar-refractivity contribution in [3.63, 3.8) is 0 Å². The highest BCUT2D eigenvalue weighted by Gasteiger charge is 2.23. The molecule has 0 unspecified atom stereocenters. The molecule has 4 heterocycles. The number of para-hydroxylation sites is 4. The van der Waals surface area contributed by atoms with Gasteiger partial charge >= 0.3 is 0 Å². The Kier molecular flexibility index (Phi) is 6.83. The van der Waals surface area contributed by atoms with Crippen LogP contribution in [0.2, 0.25) is 0 Å². The Hall–Kier alpha value is -7.83. The normalized spacial score (nSPS) is 11.9. The first kappa shape index (κ1) is 31.5. The van der Waals surface area contributed by atoms with Crippen molar-refractivity contribution in [2.24, 2.45) is 0 Å². The number of rotatable bonds is 5. The second kappa shape index (κ2) is 12.3. The Bertz CT molecular complexity index is 3470. The molecule has 0 aliphatic rings. The van der Waals surface area contributed by atoms with Gasteiger partial charge in [-0.25, -0.2) is 15.0 Å². The van der Waals surface area contributed by atoms with Crippen molar-refractivity contribution in [1.82, 2.24) is 15.0 Å². The van der Waals surface area contributed by atoms with Gasteiger partial charge in [-0.05, 0) is 53.1 Å². The van der Waals surface area contributed by atoms with Gasteiger partial charge < -0.3 is 13.3 Å². The van der Waals surface area contributed by atoms with Gasteiger partial charge in [-0.2, -0.15) is 0 Å². The van der Waals surface area contributed by atoms with E-state index < -0.39 is 0 Å². The molecule has 8 aromatic carbocycles. The SMILES string of the molecule is c1ccc(-c2nc(-c3ccccc3)nc(-c3cccc4c3oc3cccc(-c5cc(-c6cccc7c6oc6ccccc67)c6c(c5)oc5ccccc56)c34)n2)cc1. The fourth-order valence-electron chi connectivity index (χ4n) is 8.38. The average Bonchev–Trinajstić information content (AvgIpc) is 3.98. The lowest BCUT2D eigenvalue weighted by molar-refractivity contribution is 0.668. The molecule has 0 saturated carbocycles. The lowest BCUT2D eigenvalue weighted by Crippen LogP contribution is -2.00. The van der Waals surface area contributed by atoms with Gasteiger partial charge in [0.25, 0.3) is 0 Å². The van der Waals surface area contributed by atoms with Gasteiger partial charge in [-0.1, -0.05) is 140 Å². The predicted octanol–water partition coefficient (Wildman–Crippen LogP) is 13.9. The van der Waals surface area contributed by atoms with Gasteiger partial charge in [-0.15, -0.1) is 0 Å². The summed E-state index contributed by atoms with van der Waals surface area (Å²) in [6, 6.07) is 59.7. The summed E-state index contributed by atoms with van der Waals surface area (Å²) < 4.78 is 20.0. The van der Waals surface area contributed by atoms with Crippen LogP contribution in [0.4, 0.5) is 0 Å². The summed E-state index contributed by atoms with van der Waals surface area (Å²) in [6.45, 7) is 0. The van der Waals surface area contributed by atoms with E-state index in [1.54, 1.807) is 0 Å². The van der Waals surface area contributed by atoms with E-state index in [1.807, 2.05) is 109 Å². The molecule has 0 amide bonds. The molecule has 0 spiro atoms. The smallest absolute Gasteiger partial charge is 0.167 e. The Morgan fingerprint density at radius 1 is 0.281 bits per heavy atom. The fraction of sp³-hybridized carbons (Fsp3) is 0. The van der Waals surface area contributed by atoms with Crippen molar-refractivity contribution in [2.45, 2.75) is 0 Å². The highest BCUT2D eigenvalue weighted by molar-refractivity contribution is 6.20. The van der Waals surface area contributed by atoms with Crippen LogP contribution in [-0.2, 0) is 0 Å². The second-order valence-electron chi connectivity index (χ2n) is 14.3. The zero-order chi connectivity index (χ0) is 37.5. The van der Waals surface area contributed by atoms with Crippen molar-refractivity contribution >= 4 is 65.8 Å². The highest BCUT2D eigenvalue weighted by Crippen LogP contribution is 2.46. The summed E-state index contributed by atoms with van der Waals surface area (Å²) in [5.74, 6) is 1.73. The third kappa shape index (κ3) is 4.94. The largest absolute Gasteiger partial charge is 0.456 e. The summed E-state index contributed by atoms with van der Waals surface area (Å²) in [6.07, 6.45) is 0. The van der Waals surface area contributed by atoms with Crippen LogP contribution in [-0.4, -0.2) is 15.0 Å². The summed E-state index contributed by atoms with van der Waals surface area (Å²) in [5, 5.41) is 6.24. The monoisotopic (exact) mass is 731 g/mol. The molecule has 0 aliphatic heterocycles. The van der Waals surface area contributed by atoms with Crippen LogP contribution in [0.5, 0.6) is 0 Å². The number of nitrogens with zero attached hydrogens (tertiary/aromatic N) is 3. The summed E-state index contributed by atoms with van der Waals surface area (Å²) >= 11 is 0. The first-order valence-electron chi connectivity index (χ1n) is 18.9. The van der Waals surface area contributed by atoms with Crippen LogP contribution in [0.1, 0.15) is 0 Å². The molecule has 6 heteroatoms. The van der Waals surface area contributed by atoms with Crippen molar-refractivity contribution in [2.75, 3.05) is 0 Å². The van der Waals surface area contributed by atoms with Gasteiger partial charge in [0, 0.05) is 49.0 Å². The summed E-state index contributed by atoms with van der Waals surface area (Å²) in [4.78, 5) is 15.0. The maximum Gasteiger partial charge on any atom is 0.167 e. The molecule has 12 aromatic rings. The molecular weight excluding hydrogens is 703 g/mol. The molecular formula is C51H29N3O3. The minimum Gasteiger partial charge on any atom is -0.456 e. The molecule has 57 heavy (non-hydrogen) atoms. The van der Waals surface area contributed by atoms with E-state index in [0.717, 1.165) is 99.2 Å². The molecule has 0 atom stereocenters. The summed E-state index contributed by atoms with van der Waals surface area (Å²) in [5.41, 5.74) is 11.5. The Balaban J connectivity index is 1.10. The van der Waals surface area contributed by atoms with Gasteiger partial charge in [0.15, 0.2) is 17.5 Å². The third-order valence-electron chi connectivity index (χ3n) is 10.9. The Labute approximate surface area is 325 Å². The lowest BCUT2D eigenvalue weighted by Gasteiger charge is -2.10. The van der Waals surface area contributed by atoms with Crippen LogP contribution < -0.4 is 0 Å². The standard InChI is InChI=1S/C51H29N3O3/c1-3-14-30(15-4-1)49-52-50(31-16-5-2-6-17-31)54-51(53-49)39-24-12-23-38-45-33(20-13-27-43(45)57-48(38)39)32-28-40(46-37-19-8-10-26-42(37)55-44(46)29-32)36-22-11-21-35-34-18-7-9-25-41(34)56-47(35)36/h1-29H. The van der Waals surface area contributed by atoms with Gasteiger partial charge in [0.1, 0.15) is 33.5 Å². The van der Waals surface area contributed by atoms with Gasteiger partial charge in [0.05, 0.1) is 5.56 Å². The van der Waals surface area contributed by atoms with Crippen molar-refractivity contribution in [1.29, 1.82) is 0 Å². The highest BCUT2D eigenvalue weighted by atomic mass is 16.3. The number of hydrogen-bond acceptors (Lipinski definition) is 6. The number of aromatic nitrogens is 3. The maximum absolute atomic E-state index is 6.79. The first-order chi connectivity index (χ1) is 28.2. The quantitative estimate of drug-likeness (QED) is 0.175. The number of benzene rings is 8.